The van der Waals surface area contributed by atoms with Crippen LogP contribution in [0, 0.1) is 12.8 Å². The summed E-state index contributed by atoms with van der Waals surface area (Å²) in [4.78, 5) is 38.0. The van der Waals surface area contributed by atoms with Crippen molar-refractivity contribution in [1.82, 2.24) is 10.2 Å². The number of thioether (sulfide) groups is 1. The minimum absolute atomic E-state index is 0.263. The molecule has 0 atom stereocenters. The fraction of sp³-hybridized carbons (Fsp3) is 0.292. The van der Waals surface area contributed by atoms with Crippen LogP contribution in [0.15, 0.2) is 53.4 Å². The molecule has 3 rings (SSSR count). The Hall–Kier alpha value is -3.06. The molecule has 0 radical (unpaired) electrons. The number of benzene rings is 2. The highest BCUT2D eigenvalue weighted by Gasteiger charge is 2.36. The van der Waals surface area contributed by atoms with Crippen molar-refractivity contribution in [1.29, 1.82) is 0 Å². The summed E-state index contributed by atoms with van der Waals surface area (Å²) in [5.74, 6) is 0.219. The minimum Gasteiger partial charge on any atom is -0.489 e. The Balaban J connectivity index is 1.58. The molecule has 0 aliphatic carbocycles. The fourth-order valence-electron chi connectivity index (χ4n) is 2.82. The Morgan fingerprint density at radius 2 is 1.77 bits per heavy atom. The molecular formula is C24H26N2O4S. The second-order valence-electron chi connectivity index (χ2n) is 7.81. The van der Waals surface area contributed by atoms with Gasteiger partial charge in [-0.2, -0.15) is 0 Å². The van der Waals surface area contributed by atoms with Crippen LogP contribution >= 0.6 is 11.8 Å². The second-order valence-corrected chi connectivity index (χ2v) is 8.80. The summed E-state index contributed by atoms with van der Waals surface area (Å²) in [7, 11) is 0. The summed E-state index contributed by atoms with van der Waals surface area (Å²) in [5.41, 5.74) is 3.06. The van der Waals surface area contributed by atoms with Crippen LogP contribution in [-0.4, -0.2) is 35.0 Å². The van der Waals surface area contributed by atoms with Gasteiger partial charge in [0, 0.05) is 6.54 Å². The molecule has 3 amide bonds. The largest absolute Gasteiger partial charge is 0.489 e. The van der Waals surface area contributed by atoms with Gasteiger partial charge in [-0.25, -0.2) is 0 Å². The Morgan fingerprint density at radius 1 is 1.10 bits per heavy atom. The molecule has 1 aliphatic heterocycles. The molecule has 31 heavy (non-hydrogen) atoms. The maximum atomic E-state index is 12.6. The number of hydrogen-bond acceptors (Lipinski definition) is 5. The van der Waals surface area contributed by atoms with Gasteiger partial charge in [-0.3, -0.25) is 19.3 Å². The highest BCUT2D eigenvalue weighted by molar-refractivity contribution is 8.18. The summed E-state index contributed by atoms with van der Waals surface area (Å²) in [6.07, 6.45) is 1.65. The summed E-state index contributed by atoms with van der Waals surface area (Å²) < 4.78 is 5.80. The van der Waals surface area contributed by atoms with Crippen molar-refractivity contribution in [2.24, 2.45) is 5.92 Å². The lowest BCUT2D eigenvalue weighted by Gasteiger charge is -2.13. The van der Waals surface area contributed by atoms with E-state index in [2.05, 4.69) is 5.32 Å². The normalized spacial score (nSPS) is 15.1. The third-order valence-corrected chi connectivity index (χ3v) is 5.49. The number of imide groups is 1. The molecule has 0 aromatic heterocycles. The first kappa shape index (κ1) is 22.6. The number of ether oxygens (including phenoxy) is 1. The number of carbonyl (C=O) groups is 3. The van der Waals surface area contributed by atoms with E-state index in [0.29, 0.717) is 29.7 Å². The Morgan fingerprint density at radius 3 is 2.42 bits per heavy atom. The maximum Gasteiger partial charge on any atom is 0.294 e. The van der Waals surface area contributed by atoms with E-state index >= 15 is 0 Å². The lowest BCUT2D eigenvalue weighted by molar-refractivity contribution is -0.129. The van der Waals surface area contributed by atoms with Gasteiger partial charge in [0.1, 0.15) is 18.9 Å². The first-order valence-electron chi connectivity index (χ1n) is 10.1. The molecular weight excluding hydrogens is 412 g/mol. The number of carbonyl (C=O) groups excluding carboxylic acids is 3. The van der Waals surface area contributed by atoms with Crippen molar-refractivity contribution in [3.05, 3.63) is 70.1 Å². The van der Waals surface area contributed by atoms with Gasteiger partial charge in [-0.1, -0.05) is 55.8 Å². The number of rotatable bonds is 8. The molecule has 1 aliphatic rings. The molecule has 1 saturated heterocycles. The minimum atomic E-state index is -0.450. The molecule has 2 aromatic carbocycles. The first-order chi connectivity index (χ1) is 14.8. The maximum absolute atomic E-state index is 12.6. The van der Waals surface area contributed by atoms with Gasteiger partial charge in [0.2, 0.25) is 5.91 Å². The number of nitrogens with zero attached hydrogens (tertiary/aromatic N) is 1. The van der Waals surface area contributed by atoms with E-state index in [1.165, 1.54) is 5.56 Å². The van der Waals surface area contributed by atoms with E-state index in [4.69, 9.17) is 4.74 Å². The highest BCUT2D eigenvalue weighted by Crippen LogP contribution is 2.32. The predicted molar refractivity (Wildman–Crippen MR) is 122 cm³/mol. The molecule has 0 saturated carbocycles. The average Bonchev–Trinajstić information content (AvgIpc) is 3.00. The van der Waals surface area contributed by atoms with Crippen molar-refractivity contribution in [3.8, 4) is 5.75 Å². The van der Waals surface area contributed by atoms with Crippen LogP contribution in [0.25, 0.3) is 6.08 Å². The Kier molecular flexibility index (Phi) is 7.52. The number of nitrogens with one attached hydrogen (secondary N) is 1. The molecule has 1 N–H and O–H groups in total. The lowest BCUT2D eigenvalue weighted by Crippen LogP contribution is -2.40. The zero-order valence-corrected chi connectivity index (χ0v) is 18.7. The van der Waals surface area contributed by atoms with E-state index in [-0.39, 0.29) is 12.5 Å². The number of aryl methyl sites for hydroxylation is 1. The van der Waals surface area contributed by atoms with Crippen LogP contribution in [0.4, 0.5) is 4.79 Å². The van der Waals surface area contributed by atoms with E-state index in [0.717, 1.165) is 27.8 Å². The zero-order chi connectivity index (χ0) is 22.4. The van der Waals surface area contributed by atoms with Crippen molar-refractivity contribution in [2.45, 2.75) is 27.4 Å². The predicted octanol–water partition coefficient (Wildman–Crippen LogP) is 4.38. The van der Waals surface area contributed by atoms with Gasteiger partial charge in [-0.05, 0) is 53.9 Å². The van der Waals surface area contributed by atoms with Crippen LogP contribution in [0.3, 0.4) is 0 Å². The smallest absolute Gasteiger partial charge is 0.294 e. The Bertz CT molecular complexity index is 982. The second kappa shape index (κ2) is 10.3. The monoisotopic (exact) mass is 438 g/mol. The summed E-state index contributed by atoms with van der Waals surface area (Å²) in [6, 6.07) is 15.5. The van der Waals surface area contributed by atoms with Crippen LogP contribution in [0.5, 0.6) is 5.75 Å². The average molecular weight is 439 g/mol. The summed E-state index contributed by atoms with van der Waals surface area (Å²) in [6.45, 7) is 6.70. The highest BCUT2D eigenvalue weighted by atomic mass is 32.2. The van der Waals surface area contributed by atoms with Gasteiger partial charge < -0.3 is 10.1 Å². The van der Waals surface area contributed by atoms with Crippen molar-refractivity contribution in [3.63, 3.8) is 0 Å². The summed E-state index contributed by atoms with van der Waals surface area (Å²) >= 11 is 0.843. The van der Waals surface area contributed by atoms with Crippen molar-refractivity contribution < 1.29 is 19.1 Å². The van der Waals surface area contributed by atoms with E-state index in [9.17, 15) is 14.4 Å². The van der Waals surface area contributed by atoms with Gasteiger partial charge in [0.15, 0.2) is 0 Å². The number of hydrogen-bond donors (Lipinski definition) is 1. The van der Waals surface area contributed by atoms with E-state index < -0.39 is 11.1 Å². The quantitative estimate of drug-likeness (QED) is 0.619. The van der Waals surface area contributed by atoms with Crippen LogP contribution in [-0.2, 0) is 16.2 Å². The molecule has 0 spiro atoms. The van der Waals surface area contributed by atoms with Gasteiger partial charge in [0.25, 0.3) is 11.1 Å². The van der Waals surface area contributed by atoms with Crippen molar-refractivity contribution >= 4 is 34.9 Å². The molecule has 1 fully saturated rings. The van der Waals surface area contributed by atoms with Gasteiger partial charge in [0.05, 0.1) is 4.91 Å². The first-order valence-corrected chi connectivity index (χ1v) is 10.9. The van der Waals surface area contributed by atoms with E-state index in [1.807, 2.05) is 69.3 Å². The third-order valence-electron chi connectivity index (χ3n) is 4.59. The van der Waals surface area contributed by atoms with Crippen LogP contribution < -0.4 is 10.1 Å². The Labute approximate surface area is 186 Å². The molecule has 0 unspecified atom stereocenters. The van der Waals surface area contributed by atoms with E-state index in [1.54, 1.807) is 6.08 Å². The topological polar surface area (TPSA) is 75.7 Å². The molecule has 7 heteroatoms. The van der Waals surface area contributed by atoms with Gasteiger partial charge in [-0.15, -0.1) is 0 Å². The van der Waals surface area contributed by atoms with Crippen LogP contribution in [0.1, 0.15) is 30.5 Å². The SMILES string of the molecule is Cc1ccc(COc2ccc(/C=C3\SC(=O)N(CC(=O)NCC(C)C)C3=O)cc2)cc1. The van der Waals surface area contributed by atoms with Crippen LogP contribution in [0.2, 0.25) is 0 Å². The fourth-order valence-corrected chi connectivity index (χ4v) is 3.65. The standard InChI is InChI=1S/C24H26N2O4S/c1-16(2)13-25-22(27)14-26-23(28)21(31-24(26)29)12-18-8-10-20(11-9-18)30-15-19-6-4-17(3)5-7-19/h4-12,16H,13-15H2,1-3H3,(H,25,27)/b21-12-. The molecule has 2 aromatic rings. The molecule has 6 nitrogen and oxygen atoms in total. The van der Waals surface area contributed by atoms with Gasteiger partial charge >= 0.3 is 0 Å². The zero-order valence-electron chi connectivity index (χ0n) is 17.9. The molecule has 162 valence electrons. The van der Waals surface area contributed by atoms with Crippen molar-refractivity contribution in [2.75, 3.05) is 13.1 Å². The molecule has 0 bridgehead atoms. The summed E-state index contributed by atoms with van der Waals surface area (Å²) in [5, 5.41) is 2.28. The lowest BCUT2D eigenvalue weighted by atomic mass is 10.1. The third kappa shape index (κ3) is 6.46. The molecule has 1 heterocycles. The number of amides is 3.